The number of hydrogen-bond donors (Lipinski definition) is 2. The molecule has 0 aromatic heterocycles. The van der Waals surface area contributed by atoms with Gasteiger partial charge in [-0.2, -0.15) is 0 Å². The van der Waals surface area contributed by atoms with E-state index in [1.807, 2.05) is 19.1 Å². The summed E-state index contributed by atoms with van der Waals surface area (Å²) in [5, 5.41) is 0. The zero-order valence-corrected chi connectivity index (χ0v) is 12.7. The first-order valence-electron chi connectivity index (χ1n) is 6.70. The first kappa shape index (κ1) is 16.1. The summed E-state index contributed by atoms with van der Waals surface area (Å²) in [6, 6.07) is 6.85. The molecule has 0 bridgehead atoms. The van der Waals surface area contributed by atoms with E-state index in [0.717, 1.165) is 12.0 Å². The fraction of sp³-hybridized carbons (Fsp3) is 0.571. The van der Waals surface area contributed by atoms with Gasteiger partial charge < -0.3 is 5.73 Å². The summed E-state index contributed by atoms with van der Waals surface area (Å²) >= 11 is 0. The molecule has 0 saturated heterocycles. The molecule has 0 amide bonds. The number of rotatable bonds is 7. The van der Waals surface area contributed by atoms with Crippen LogP contribution in [0.15, 0.2) is 29.2 Å². The average molecular weight is 284 g/mol. The number of nitrogens with one attached hydrogen (secondary N) is 1. The van der Waals surface area contributed by atoms with Gasteiger partial charge in [-0.15, -0.1) is 0 Å². The molecule has 5 heteroatoms. The summed E-state index contributed by atoms with van der Waals surface area (Å²) in [6.45, 7) is 6.49. The Kier molecular flexibility index (Phi) is 5.97. The largest absolute Gasteiger partial charge is 0.329 e. The van der Waals surface area contributed by atoms with Gasteiger partial charge in [0.1, 0.15) is 0 Å². The Labute approximate surface area is 116 Å². The molecule has 19 heavy (non-hydrogen) atoms. The molecule has 0 spiro atoms. The van der Waals surface area contributed by atoms with Crippen molar-refractivity contribution < 1.29 is 8.42 Å². The van der Waals surface area contributed by atoms with Crippen LogP contribution in [0.25, 0.3) is 0 Å². The van der Waals surface area contributed by atoms with Crippen molar-refractivity contribution >= 4 is 10.0 Å². The van der Waals surface area contributed by atoms with E-state index in [1.165, 1.54) is 0 Å². The Morgan fingerprint density at radius 1 is 1.21 bits per heavy atom. The van der Waals surface area contributed by atoms with Gasteiger partial charge in [-0.25, -0.2) is 13.1 Å². The zero-order valence-electron chi connectivity index (χ0n) is 11.9. The fourth-order valence-electron chi connectivity index (χ4n) is 1.86. The van der Waals surface area contributed by atoms with Gasteiger partial charge >= 0.3 is 0 Å². The molecule has 0 saturated carbocycles. The van der Waals surface area contributed by atoms with E-state index in [-0.39, 0.29) is 6.04 Å². The zero-order chi connectivity index (χ0) is 14.5. The Morgan fingerprint density at radius 2 is 1.79 bits per heavy atom. The minimum Gasteiger partial charge on any atom is -0.329 e. The maximum absolute atomic E-state index is 12.1. The summed E-state index contributed by atoms with van der Waals surface area (Å²) in [5.74, 6) is 0.558. The SMILES string of the molecule is CCC(CN)NS(=O)(=O)c1ccc(CC(C)C)cc1. The molecule has 0 radical (unpaired) electrons. The van der Waals surface area contributed by atoms with Gasteiger partial charge in [-0.1, -0.05) is 32.9 Å². The van der Waals surface area contributed by atoms with E-state index in [0.29, 0.717) is 23.8 Å². The topological polar surface area (TPSA) is 72.2 Å². The third kappa shape index (κ3) is 4.93. The quantitative estimate of drug-likeness (QED) is 0.803. The first-order valence-corrected chi connectivity index (χ1v) is 8.18. The van der Waals surface area contributed by atoms with E-state index >= 15 is 0 Å². The van der Waals surface area contributed by atoms with Crippen molar-refractivity contribution in [2.75, 3.05) is 6.54 Å². The molecule has 1 atom stereocenters. The van der Waals surface area contributed by atoms with E-state index in [9.17, 15) is 8.42 Å². The summed E-state index contributed by atoms with van der Waals surface area (Å²) in [5.41, 5.74) is 6.67. The molecule has 0 aliphatic rings. The second-order valence-electron chi connectivity index (χ2n) is 5.20. The van der Waals surface area contributed by atoms with Gasteiger partial charge in [0.05, 0.1) is 4.90 Å². The Balaban J connectivity index is 2.84. The highest BCUT2D eigenvalue weighted by atomic mass is 32.2. The van der Waals surface area contributed by atoms with Crippen molar-refractivity contribution in [3.63, 3.8) is 0 Å². The van der Waals surface area contributed by atoms with Crippen LogP contribution in [-0.2, 0) is 16.4 Å². The lowest BCUT2D eigenvalue weighted by Gasteiger charge is -2.15. The summed E-state index contributed by atoms with van der Waals surface area (Å²) in [6.07, 6.45) is 1.63. The molecule has 0 aliphatic heterocycles. The van der Waals surface area contributed by atoms with Crippen molar-refractivity contribution in [2.24, 2.45) is 11.7 Å². The van der Waals surface area contributed by atoms with Crippen LogP contribution in [-0.4, -0.2) is 21.0 Å². The predicted octanol–water partition coefficient (Wildman–Crippen LogP) is 1.90. The molecule has 1 rings (SSSR count). The van der Waals surface area contributed by atoms with Crippen molar-refractivity contribution in [3.05, 3.63) is 29.8 Å². The molecule has 108 valence electrons. The second-order valence-corrected chi connectivity index (χ2v) is 6.92. The lowest BCUT2D eigenvalue weighted by Crippen LogP contribution is -2.39. The van der Waals surface area contributed by atoms with Crippen LogP contribution in [0.1, 0.15) is 32.8 Å². The highest BCUT2D eigenvalue weighted by Crippen LogP contribution is 2.14. The Bertz CT molecular complexity index is 477. The molecule has 1 aromatic rings. The monoisotopic (exact) mass is 284 g/mol. The minimum absolute atomic E-state index is 0.208. The van der Waals surface area contributed by atoms with E-state index in [4.69, 9.17) is 5.73 Å². The van der Waals surface area contributed by atoms with Gasteiger partial charge in [0.25, 0.3) is 0 Å². The van der Waals surface area contributed by atoms with Crippen LogP contribution in [0, 0.1) is 5.92 Å². The van der Waals surface area contributed by atoms with Gasteiger partial charge in [-0.05, 0) is 36.5 Å². The minimum atomic E-state index is -3.46. The lowest BCUT2D eigenvalue weighted by molar-refractivity contribution is 0.542. The highest BCUT2D eigenvalue weighted by Gasteiger charge is 2.17. The highest BCUT2D eigenvalue weighted by molar-refractivity contribution is 7.89. The summed E-state index contributed by atoms with van der Waals surface area (Å²) < 4.78 is 26.9. The van der Waals surface area contributed by atoms with Crippen molar-refractivity contribution in [3.8, 4) is 0 Å². The lowest BCUT2D eigenvalue weighted by atomic mass is 10.0. The smallest absolute Gasteiger partial charge is 0.240 e. The van der Waals surface area contributed by atoms with Crippen LogP contribution in [0.4, 0.5) is 0 Å². The van der Waals surface area contributed by atoms with E-state index < -0.39 is 10.0 Å². The number of nitrogens with two attached hydrogens (primary N) is 1. The van der Waals surface area contributed by atoms with Gasteiger partial charge in [0, 0.05) is 12.6 Å². The maximum atomic E-state index is 12.1. The maximum Gasteiger partial charge on any atom is 0.240 e. The van der Waals surface area contributed by atoms with Crippen molar-refractivity contribution in [1.29, 1.82) is 0 Å². The van der Waals surface area contributed by atoms with Gasteiger partial charge in [-0.3, -0.25) is 0 Å². The Morgan fingerprint density at radius 3 is 2.21 bits per heavy atom. The van der Waals surface area contributed by atoms with Crippen LogP contribution < -0.4 is 10.5 Å². The molecule has 1 aromatic carbocycles. The number of benzene rings is 1. The predicted molar refractivity (Wildman–Crippen MR) is 78.4 cm³/mol. The third-order valence-electron chi connectivity index (χ3n) is 2.98. The van der Waals surface area contributed by atoms with Crippen LogP contribution in [0.2, 0.25) is 0 Å². The fourth-order valence-corrected chi connectivity index (χ4v) is 3.19. The van der Waals surface area contributed by atoms with Gasteiger partial charge in [0.15, 0.2) is 0 Å². The van der Waals surface area contributed by atoms with Crippen LogP contribution in [0.3, 0.4) is 0 Å². The molecular formula is C14H24N2O2S. The second kappa shape index (κ2) is 7.03. The molecule has 0 heterocycles. The average Bonchev–Trinajstić information content (AvgIpc) is 2.36. The van der Waals surface area contributed by atoms with Crippen LogP contribution in [0.5, 0.6) is 0 Å². The van der Waals surface area contributed by atoms with E-state index in [2.05, 4.69) is 18.6 Å². The van der Waals surface area contributed by atoms with Crippen molar-refractivity contribution in [1.82, 2.24) is 4.72 Å². The number of hydrogen-bond acceptors (Lipinski definition) is 3. The first-order chi connectivity index (χ1) is 8.89. The molecular weight excluding hydrogens is 260 g/mol. The molecule has 0 fully saturated rings. The summed E-state index contributed by atoms with van der Waals surface area (Å²) in [4.78, 5) is 0.298. The Hall–Kier alpha value is -0.910. The molecule has 4 nitrogen and oxygen atoms in total. The molecule has 3 N–H and O–H groups in total. The standard InChI is InChI=1S/C14H24N2O2S/c1-4-13(10-15)16-19(17,18)14-7-5-12(6-8-14)9-11(2)3/h5-8,11,13,16H,4,9-10,15H2,1-3H3. The third-order valence-corrected chi connectivity index (χ3v) is 4.51. The van der Waals surface area contributed by atoms with Gasteiger partial charge in [0.2, 0.25) is 10.0 Å². The van der Waals surface area contributed by atoms with E-state index in [1.54, 1.807) is 12.1 Å². The normalized spacial score (nSPS) is 13.7. The molecule has 0 aliphatic carbocycles. The number of sulfonamides is 1. The van der Waals surface area contributed by atoms with Crippen LogP contribution >= 0.6 is 0 Å². The summed E-state index contributed by atoms with van der Waals surface area (Å²) in [7, 11) is -3.46. The van der Waals surface area contributed by atoms with Crippen molar-refractivity contribution in [2.45, 2.75) is 44.6 Å². The molecule has 1 unspecified atom stereocenters.